The molecule has 0 unspecified atom stereocenters. The van der Waals surface area contributed by atoms with Crippen LogP contribution in [-0.2, 0) is 4.79 Å². The Balaban J connectivity index is 2.12. The number of hydrogen-bond acceptors (Lipinski definition) is 6. The van der Waals surface area contributed by atoms with E-state index in [-0.39, 0.29) is 5.91 Å². The number of nitrogens with zero attached hydrogens (tertiary/aromatic N) is 3. The van der Waals surface area contributed by atoms with Gasteiger partial charge >= 0.3 is 0 Å². The number of anilines is 2. The number of carbonyl (C=O) groups excluding carboxylic acids is 1. The van der Waals surface area contributed by atoms with Gasteiger partial charge in [0.1, 0.15) is 0 Å². The Morgan fingerprint density at radius 1 is 1.47 bits per heavy atom. The molecule has 0 radical (unpaired) electrons. The molecule has 0 spiro atoms. The Labute approximate surface area is 92.0 Å². The SMILES string of the molecule is CC(=O)Nc1nsnc1N1CCNCC1. The molecule has 2 heterocycles. The van der Waals surface area contributed by atoms with Crippen LogP contribution in [0.3, 0.4) is 0 Å². The number of amides is 1. The fraction of sp³-hybridized carbons (Fsp3) is 0.625. The zero-order valence-electron chi connectivity index (χ0n) is 8.49. The molecule has 1 saturated heterocycles. The van der Waals surface area contributed by atoms with Crippen molar-refractivity contribution in [1.82, 2.24) is 14.1 Å². The first-order valence-electron chi connectivity index (χ1n) is 4.83. The minimum Gasteiger partial charge on any atom is -0.350 e. The summed E-state index contributed by atoms with van der Waals surface area (Å²) in [4.78, 5) is 13.1. The molecule has 0 saturated carbocycles. The number of piperazine rings is 1. The van der Waals surface area contributed by atoms with Crippen molar-refractivity contribution in [1.29, 1.82) is 0 Å². The Morgan fingerprint density at radius 2 is 2.20 bits per heavy atom. The Morgan fingerprint density at radius 3 is 2.87 bits per heavy atom. The lowest BCUT2D eigenvalue weighted by Crippen LogP contribution is -2.44. The highest BCUT2D eigenvalue weighted by Crippen LogP contribution is 2.23. The molecule has 1 amide bonds. The standard InChI is InChI=1S/C8H13N5OS/c1-6(14)10-7-8(12-15-11-7)13-4-2-9-3-5-13/h9H,2-5H2,1H3,(H,10,11,14). The molecule has 15 heavy (non-hydrogen) atoms. The fourth-order valence-corrected chi connectivity index (χ4v) is 2.04. The van der Waals surface area contributed by atoms with Crippen LogP contribution in [0.5, 0.6) is 0 Å². The summed E-state index contributed by atoms with van der Waals surface area (Å²) >= 11 is 1.13. The van der Waals surface area contributed by atoms with Gasteiger partial charge in [0.05, 0.1) is 11.7 Å². The second-order valence-corrected chi connectivity index (χ2v) is 3.88. The number of nitrogens with one attached hydrogen (secondary N) is 2. The molecule has 7 heteroatoms. The topological polar surface area (TPSA) is 70.2 Å². The van der Waals surface area contributed by atoms with Gasteiger partial charge in [-0.15, -0.1) is 0 Å². The summed E-state index contributed by atoms with van der Waals surface area (Å²) in [6.45, 7) is 5.16. The zero-order chi connectivity index (χ0) is 10.7. The van der Waals surface area contributed by atoms with Crippen molar-refractivity contribution >= 4 is 29.3 Å². The summed E-state index contributed by atoms with van der Waals surface area (Å²) in [7, 11) is 0. The summed E-state index contributed by atoms with van der Waals surface area (Å²) in [6, 6.07) is 0. The third-order valence-corrected chi connectivity index (χ3v) is 2.70. The highest BCUT2D eigenvalue weighted by molar-refractivity contribution is 6.99. The first-order valence-corrected chi connectivity index (χ1v) is 5.56. The molecule has 6 nitrogen and oxygen atoms in total. The first-order chi connectivity index (χ1) is 7.27. The molecule has 0 aliphatic carbocycles. The van der Waals surface area contributed by atoms with E-state index in [0.717, 1.165) is 43.7 Å². The van der Waals surface area contributed by atoms with E-state index in [4.69, 9.17) is 0 Å². The monoisotopic (exact) mass is 227 g/mol. The quantitative estimate of drug-likeness (QED) is 0.738. The van der Waals surface area contributed by atoms with Gasteiger partial charge in [0, 0.05) is 33.1 Å². The number of rotatable bonds is 2. The average molecular weight is 227 g/mol. The summed E-state index contributed by atoms with van der Waals surface area (Å²) in [5.41, 5.74) is 0. The maximum absolute atomic E-state index is 10.9. The highest BCUT2D eigenvalue weighted by atomic mass is 32.1. The zero-order valence-corrected chi connectivity index (χ0v) is 9.30. The van der Waals surface area contributed by atoms with Gasteiger partial charge in [-0.25, -0.2) is 0 Å². The average Bonchev–Trinajstić information content (AvgIpc) is 2.66. The van der Waals surface area contributed by atoms with E-state index in [1.54, 1.807) is 0 Å². The normalized spacial score (nSPS) is 16.5. The van der Waals surface area contributed by atoms with Crippen molar-refractivity contribution in [2.24, 2.45) is 0 Å². The molecule has 1 aromatic rings. The first kappa shape index (κ1) is 10.3. The van der Waals surface area contributed by atoms with Crippen molar-refractivity contribution in [3.63, 3.8) is 0 Å². The fourth-order valence-electron chi connectivity index (χ4n) is 1.51. The molecular formula is C8H13N5OS. The number of hydrogen-bond donors (Lipinski definition) is 2. The minimum atomic E-state index is -0.112. The predicted molar refractivity (Wildman–Crippen MR) is 59.3 cm³/mol. The summed E-state index contributed by atoms with van der Waals surface area (Å²) < 4.78 is 8.27. The van der Waals surface area contributed by atoms with Crippen LogP contribution in [0.25, 0.3) is 0 Å². The van der Waals surface area contributed by atoms with Crippen molar-refractivity contribution in [3.8, 4) is 0 Å². The van der Waals surface area contributed by atoms with Gasteiger partial charge in [0.15, 0.2) is 11.6 Å². The Bertz CT molecular complexity index is 347. The molecule has 0 bridgehead atoms. The molecule has 2 rings (SSSR count). The van der Waals surface area contributed by atoms with E-state index in [9.17, 15) is 4.79 Å². The number of aromatic nitrogens is 2. The van der Waals surface area contributed by atoms with E-state index in [0.29, 0.717) is 5.82 Å². The lowest BCUT2D eigenvalue weighted by Gasteiger charge is -2.27. The van der Waals surface area contributed by atoms with Crippen molar-refractivity contribution < 1.29 is 4.79 Å². The van der Waals surface area contributed by atoms with Crippen molar-refractivity contribution in [2.45, 2.75) is 6.92 Å². The maximum Gasteiger partial charge on any atom is 0.222 e. The van der Waals surface area contributed by atoms with Gasteiger partial charge in [-0.1, -0.05) is 0 Å². The molecule has 2 N–H and O–H groups in total. The van der Waals surface area contributed by atoms with Gasteiger partial charge < -0.3 is 15.5 Å². The third-order valence-electron chi connectivity index (χ3n) is 2.18. The second-order valence-electron chi connectivity index (χ2n) is 3.35. The van der Waals surface area contributed by atoms with Crippen LogP contribution in [0.2, 0.25) is 0 Å². The van der Waals surface area contributed by atoms with Crippen LogP contribution in [0, 0.1) is 0 Å². The molecule has 1 fully saturated rings. The second kappa shape index (κ2) is 4.54. The minimum absolute atomic E-state index is 0.112. The molecule has 1 aliphatic rings. The maximum atomic E-state index is 10.9. The van der Waals surface area contributed by atoms with E-state index in [2.05, 4.69) is 24.3 Å². The molecule has 0 atom stereocenters. The Hall–Kier alpha value is -1.21. The lowest BCUT2D eigenvalue weighted by atomic mass is 10.3. The molecular weight excluding hydrogens is 214 g/mol. The van der Waals surface area contributed by atoms with Crippen LogP contribution in [0.4, 0.5) is 11.6 Å². The van der Waals surface area contributed by atoms with Gasteiger partial charge in [-0.05, 0) is 0 Å². The van der Waals surface area contributed by atoms with Gasteiger partial charge in [-0.3, -0.25) is 4.79 Å². The van der Waals surface area contributed by atoms with E-state index in [1.807, 2.05) is 0 Å². The molecule has 82 valence electrons. The van der Waals surface area contributed by atoms with E-state index >= 15 is 0 Å². The third kappa shape index (κ3) is 2.42. The number of carbonyl (C=O) groups is 1. The van der Waals surface area contributed by atoms with Crippen LogP contribution >= 0.6 is 11.7 Å². The largest absolute Gasteiger partial charge is 0.350 e. The van der Waals surface area contributed by atoms with Crippen molar-refractivity contribution in [2.75, 3.05) is 36.4 Å². The smallest absolute Gasteiger partial charge is 0.222 e. The van der Waals surface area contributed by atoms with Gasteiger partial charge in [0.2, 0.25) is 5.91 Å². The van der Waals surface area contributed by atoms with E-state index in [1.165, 1.54) is 6.92 Å². The Kier molecular flexibility index (Phi) is 3.12. The molecule has 1 aliphatic heterocycles. The van der Waals surface area contributed by atoms with E-state index < -0.39 is 0 Å². The molecule has 0 aromatic carbocycles. The van der Waals surface area contributed by atoms with Crippen LogP contribution in [0.15, 0.2) is 0 Å². The summed E-state index contributed by atoms with van der Waals surface area (Å²) in [5.74, 6) is 1.25. The van der Waals surface area contributed by atoms with Gasteiger partial charge in [-0.2, -0.15) is 8.75 Å². The van der Waals surface area contributed by atoms with Crippen LogP contribution in [0.1, 0.15) is 6.92 Å². The lowest BCUT2D eigenvalue weighted by molar-refractivity contribution is -0.114. The highest BCUT2D eigenvalue weighted by Gasteiger charge is 2.18. The predicted octanol–water partition coefficient (Wildman–Crippen LogP) is -0.0939. The van der Waals surface area contributed by atoms with Crippen molar-refractivity contribution in [3.05, 3.63) is 0 Å². The molecule has 1 aromatic heterocycles. The summed E-state index contributed by atoms with van der Waals surface area (Å²) in [6.07, 6.45) is 0. The van der Waals surface area contributed by atoms with Gasteiger partial charge in [0.25, 0.3) is 0 Å². The van der Waals surface area contributed by atoms with Crippen LogP contribution in [-0.4, -0.2) is 40.8 Å². The van der Waals surface area contributed by atoms with Crippen LogP contribution < -0.4 is 15.5 Å². The summed E-state index contributed by atoms with van der Waals surface area (Å²) in [5, 5.41) is 5.95.